The molecule has 0 fully saturated rings. The lowest BCUT2D eigenvalue weighted by Crippen LogP contribution is -2.40. The Morgan fingerprint density at radius 1 is 0.431 bits per heavy atom. The molecule has 416 valence electrons. The minimum atomic E-state index is -1.51. The Morgan fingerprint density at radius 3 is 1.19 bits per heavy atom. The number of carboxylic acids is 1. The molecule has 2 atom stereocenters. The van der Waals surface area contributed by atoms with Gasteiger partial charge in [-0.1, -0.05) is 234 Å². The Kier molecular flexibility index (Phi) is 51.6. The van der Waals surface area contributed by atoms with Crippen molar-refractivity contribution in [2.45, 2.75) is 264 Å². The summed E-state index contributed by atoms with van der Waals surface area (Å²) in [5.74, 6) is -2.01. The number of hydrogen-bond donors (Lipinski definition) is 1. The number of ether oxygens (including phenoxy) is 4. The van der Waals surface area contributed by atoms with E-state index < -0.39 is 24.3 Å². The summed E-state index contributed by atoms with van der Waals surface area (Å²) < 4.78 is 22.8. The first-order valence-electron chi connectivity index (χ1n) is 29.6. The van der Waals surface area contributed by atoms with Crippen molar-refractivity contribution in [3.63, 3.8) is 0 Å². The van der Waals surface area contributed by atoms with Gasteiger partial charge in [0.25, 0.3) is 6.29 Å². The van der Waals surface area contributed by atoms with E-state index in [4.69, 9.17) is 18.9 Å². The fourth-order valence-corrected chi connectivity index (χ4v) is 8.16. The third kappa shape index (κ3) is 54.5. The van der Waals surface area contributed by atoms with Crippen LogP contribution in [0, 0.1) is 0 Å². The fourth-order valence-electron chi connectivity index (χ4n) is 8.16. The Bertz CT molecular complexity index is 1410. The van der Waals surface area contributed by atoms with Crippen molar-refractivity contribution in [3.05, 3.63) is 72.9 Å². The van der Waals surface area contributed by atoms with Crippen LogP contribution in [0.5, 0.6) is 0 Å². The molecule has 0 saturated heterocycles. The summed E-state index contributed by atoms with van der Waals surface area (Å²) in [7, 11) is 5.96. The van der Waals surface area contributed by atoms with Gasteiger partial charge in [0.2, 0.25) is 0 Å². The summed E-state index contributed by atoms with van der Waals surface area (Å²) in [5.41, 5.74) is 0. The van der Waals surface area contributed by atoms with Gasteiger partial charge in [0.05, 0.1) is 34.4 Å². The minimum Gasteiger partial charge on any atom is -0.477 e. The minimum absolute atomic E-state index is 0.185. The quantitative estimate of drug-likeness (QED) is 0.0211. The van der Waals surface area contributed by atoms with Crippen molar-refractivity contribution in [2.75, 3.05) is 47.5 Å². The molecule has 0 bridgehead atoms. The van der Waals surface area contributed by atoms with Gasteiger partial charge in [0, 0.05) is 12.8 Å². The number of nitrogens with zero attached hydrogens (tertiary/aromatic N) is 1. The van der Waals surface area contributed by atoms with Crippen LogP contribution in [0.2, 0.25) is 0 Å². The molecular weight excluding hydrogens is 899 g/mol. The van der Waals surface area contributed by atoms with Crippen molar-refractivity contribution in [1.29, 1.82) is 0 Å². The summed E-state index contributed by atoms with van der Waals surface area (Å²) in [6.45, 7) is 4.70. The summed E-state index contributed by atoms with van der Waals surface area (Å²) in [6, 6.07) is 0. The summed E-state index contributed by atoms with van der Waals surface area (Å²) in [6.07, 6.45) is 67.3. The van der Waals surface area contributed by atoms with Crippen molar-refractivity contribution >= 4 is 17.9 Å². The van der Waals surface area contributed by atoms with Gasteiger partial charge >= 0.3 is 17.9 Å². The van der Waals surface area contributed by atoms with E-state index >= 15 is 0 Å². The molecule has 72 heavy (non-hydrogen) atoms. The van der Waals surface area contributed by atoms with E-state index in [1.165, 1.54) is 128 Å². The molecule has 0 aliphatic rings. The van der Waals surface area contributed by atoms with E-state index in [0.717, 1.165) is 96.3 Å². The lowest BCUT2D eigenvalue weighted by molar-refractivity contribution is -0.870. The van der Waals surface area contributed by atoms with Gasteiger partial charge in [-0.15, -0.1) is 0 Å². The maximum atomic E-state index is 12.8. The van der Waals surface area contributed by atoms with E-state index in [1.54, 1.807) is 0 Å². The first-order chi connectivity index (χ1) is 35.1. The number of carbonyl (C=O) groups excluding carboxylic acids is 2. The van der Waals surface area contributed by atoms with Crippen molar-refractivity contribution in [3.8, 4) is 0 Å². The van der Waals surface area contributed by atoms with Gasteiger partial charge in [-0.25, -0.2) is 4.79 Å². The SMILES string of the molecule is CC/C=C\C/C=C\C/C=C\C/C=C\C/C=C\CCCCCCCCCCCCCCCCCCCCCCCC(=O)OC(COC(=O)CCCCCCC/C=C\CCC)COC(OCC[N+](C)(C)C)C(=O)O. The van der Waals surface area contributed by atoms with Gasteiger partial charge in [0.15, 0.2) is 6.10 Å². The van der Waals surface area contributed by atoms with Gasteiger partial charge in [0.1, 0.15) is 13.2 Å². The molecule has 2 unspecified atom stereocenters. The van der Waals surface area contributed by atoms with Crippen LogP contribution < -0.4 is 0 Å². The Hall–Kier alpha value is -3.27. The number of aliphatic carboxylic acids is 1. The predicted molar refractivity (Wildman–Crippen MR) is 304 cm³/mol. The van der Waals surface area contributed by atoms with Gasteiger partial charge in [-0.05, 0) is 77.0 Å². The van der Waals surface area contributed by atoms with E-state index in [2.05, 4.69) is 86.8 Å². The van der Waals surface area contributed by atoms with Crippen LogP contribution in [0.1, 0.15) is 251 Å². The molecule has 1 N–H and O–H groups in total. The van der Waals surface area contributed by atoms with Crippen LogP contribution in [-0.2, 0) is 33.3 Å². The Labute approximate surface area is 443 Å². The molecule has 0 spiro atoms. The Balaban J connectivity index is 3.96. The zero-order chi connectivity index (χ0) is 52.7. The zero-order valence-corrected chi connectivity index (χ0v) is 47.3. The molecule has 0 saturated carbocycles. The maximum Gasteiger partial charge on any atom is 0.361 e. The maximum absolute atomic E-state index is 12.8. The molecule has 0 aliphatic carbocycles. The Morgan fingerprint density at radius 2 is 0.792 bits per heavy atom. The number of carboxylic acid groups (broad SMARTS) is 1. The monoisotopic (exact) mass is 1010 g/mol. The molecule has 9 nitrogen and oxygen atoms in total. The van der Waals surface area contributed by atoms with E-state index in [9.17, 15) is 19.5 Å². The van der Waals surface area contributed by atoms with Crippen LogP contribution in [0.4, 0.5) is 0 Å². The average molecular weight is 1010 g/mol. The normalized spacial score (nSPS) is 13.3. The van der Waals surface area contributed by atoms with Gasteiger partial charge < -0.3 is 28.5 Å². The van der Waals surface area contributed by atoms with Crippen LogP contribution >= 0.6 is 0 Å². The summed E-state index contributed by atoms with van der Waals surface area (Å²) in [5, 5.41) is 9.67. The van der Waals surface area contributed by atoms with E-state index in [1.807, 2.05) is 21.1 Å². The van der Waals surface area contributed by atoms with E-state index in [0.29, 0.717) is 17.4 Å². The third-order valence-electron chi connectivity index (χ3n) is 12.7. The van der Waals surface area contributed by atoms with Crippen LogP contribution in [0.3, 0.4) is 0 Å². The lowest BCUT2D eigenvalue weighted by atomic mass is 10.0. The standard InChI is InChI=1S/C63H111NO8/c1-6-8-10-12-14-16-18-19-20-21-22-23-24-25-26-27-28-29-30-31-32-33-34-35-36-37-38-39-40-41-42-43-44-46-48-50-52-54-61(66)72-59(58-71-63(62(67)68)69-56-55-64(3,4)5)57-70-60(65)53-51-49-47-45-17-15-13-11-9-7-2/h8,10-11,13-14,16,19-20,22-23,25-26,59,63H,6-7,9,12,15,17-18,21,24,27-58H2,1-5H3/p+1/b10-8-,13-11-,16-14-,20-19-,23-22-,26-25-. The fraction of sp³-hybridized carbons (Fsp3) is 0.762. The average Bonchev–Trinajstić information content (AvgIpc) is 3.35. The van der Waals surface area contributed by atoms with Crippen LogP contribution in [-0.4, -0.2) is 87.4 Å². The molecule has 0 amide bonds. The topological polar surface area (TPSA) is 108 Å². The zero-order valence-electron chi connectivity index (χ0n) is 47.3. The highest BCUT2D eigenvalue weighted by Gasteiger charge is 2.25. The second-order valence-corrected chi connectivity index (χ2v) is 20.9. The molecule has 0 aromatic rings. The second-order valence-electron chi connectivity index (χ2n) is 20.9. The number of hydrogen-bond acceptors (Lipinski definition) is 7. The second kappa shape index (κ2) is 54.0. The number of quaternary nitrogens is 1. The first-order valence-corrected chi connectivity index (χ1v) is 29.6. The molecule has 0 heterocycles. The first kappa shape index (κ1) is 68.7. The molecule has 0 aromatic carbocycles. The van der Waals surface area contributed by atoms with Crippen molar-refractivity contribution in [2.24, 2.45) is 0 Å². The van der Waals surface area contributed by atoms with Crippen LogP contribution in [0.15, 0.2) is 72.9 Å². The molecule has 0 aromatic heterocycles. The number of unbranched alkanes of at least 4 members (excludes halogenated alkanes) is 27. The highest BCUT2D eigenvalue weighted by molar-refractivity contribution is 5.71. The molecule has 0 rings (SSSR count). The molecular formula is C63H112NO8+. The number of likely N-dealkylation sites (N-methyl/N-ethyl adjacent to an activating group) is 1. The molecule has 9 heteroatoms. The van der Waals surface area contributed by atoms with Gasteiger partial charge in [-0.3, -0.25) is 9.59 Å². The molecule has 0 radical (unpaired) electrons. The largest absolute Gasteiger partial charge is 0.477 e. The highest BCUT2D eigenvalue weighted by Crippen LogP contribution is 2.17. The lowest BCUT2D eigenvalue weighted by Gasteiger charge is -2.25. The number of esters is 2. The van der Waals surface area contributed by atoms with Gasteiger partial charge in [-0.2, -0.15) is 0 Å². The van der Waals surface area contributed by atoms with E-state index in [-0.39, 0.29) is 32.2 Å². The number of carbonyl (C=O) groups is 3. The third-order valence-corrected chi connectivity index (χ3v) is 12.7. The number of rotatable bonds is 54. The molecule has 0 aliphatic heterocycles. The summed E-state index contributed by atoms with van der Waals surface area (Å²) in [4.78, 5) is 37.2. The summed E-state index contributed by atoms with van der Waals surface area (Å²) >= 11 is 0. The van der Waals surface area contributed by atoms with Crippen LogP contribution in [0.25, 0.3) is 0 Å². The predicted octanol–water partition coefficient (Wildman–Crippen LogP) is 17.4. The number of allylic oxidation sites excluding steroid dienone is 12. The highest BCUT2D eigenvalue weighted by atomic mass is 16.7. The smallest absolute Gasteiger partial charge is 0.361 e. The van der Waals surface area contributed by atoms with Crippen molar-refractivity contribution < 1.29 is 42.9 Å². The van der Waals surface area contributed by atoms with Crippen molar-refractivity contribution in [1.82, 2.24) is 0 Å².